The molecule has 0 saturated heterocycles. The Morgan fingerprint density at radius 1 is 1.15 bits per heavy atom. The van der Waals surface area contributed by atoms with E-state index in [1.807, 2.05) is 18.2 Å². The second-order valence-corrected chi connectivity index (χ2v) is 5.50. The maximum absolute atomic E-state index is 4.62. The molecule has 0 atom stereocenters. The summed E-state index contributed by atoms with van der Waals surface area (Å²) in [4.78, 5) is 8.94. The summed E-state index contributed by atoms with van der Waals surface area (Å²) in [6.07, 6.45) is 1.79. The average Bonchev–Trinajstić information content (AvgIpc) is 3.06. The molecule has 4 nitrogen and oxygen atoms in total. The summed E-state index contributed by atoms with van der Waals surface area (Å²) in [7, 11) is 0. The van der Waals surface area contributed by atoms with Crippen molar-refractivity contribution in [3.05, 3.63) is 59.0 Å². The minimum Gasteiger partial charge on any atom is -0.320 e. The van der Waals surface area contributed by atoms with Crippen LogP contribution in [0.5, 0.6) is 0 Å². The van der Waals surface area contributed by atoms with Gasteiger partial charge in [0, 0.05) is 23.0 Å². The molecule has 0 aliphatic carbocycles. The van der Waals surface area contributed by atoms with E-state index in [2.05, 4.69) is 51.4 Å². The molecule has 3 aromatic rings. The zero-order valence-electron chi connectivity index (χ0n) is 11.5. The van der Waals surface area contributed by atoms with Gasteiger partial charge in [-0.25, -0.2) is 4.98 Å². The zero-order valence-corrected chi connectivity index (χ0v) is 12.3. The molecule has 3 rings (SSSR count). The first-order chi connectivity index (χ1) is 9.74. The van der Waals surface area contributed by atoms with Crippen LogP contribution in [0.2, 0.25) is 0 Å². The van der Waals surface area contributed by atoms with Crippen molar-refractivity contribution in [3.63, 3.8) is 0 Å². The van der Waals surface area contributed by atoms with Crippen LogP contribution in [0.4, 0.5) is 0 Å². The van der Waals surface area contributed by atoms with E-state index < -0.39 is 0 Å². The Morgan fingerprint density at radius 3 is 2.65 bits per heavy atom. The first kappa shape index (κ1) is 12.9. The van der Waals surface area contributed by atoms with Gasteiger partial charge < -0.3 is 5.43 Å². The predicted octanol–water partition coefficient (Wildman–Crippen LogP) is 3.37. The molecule has 5 heteroatoms. The van der Waals surface area contributed by atoms with Gasteiger partial charge in [0.1, 0.15) is 5.01 Å². The monoisotopic (exact) mass is 284 g/mol. The lowest BCUT2D eigenvalue weighted by Crippen LogP contribution is -2.17. The summed E-state index contributed by atoms with van der Waals surface area (Å²) in [5, 5.41) is 3.04. The predicted molar refractivity (Wildman–Crippen MR) is 82.3 cm³/mol. The van der Waals surface area contributed by atoms with Crippen molar-refractivity contribution < 1.29 is 0 Å². The number of pyridine rings is 1. The van der Waals surface area contributed by atoms with Gasteiger partial charge in [0.15, 0.2) is 0 Å². The molecule has 0 bridgehead atoms. The van der Waals surface area contributed by atoms with Gasteiger partial charge in [-0.2, -0.15) is 0 Å². The molecule has 0 saturated carbocycles. The number of rotatable bonds is 4. The van der Waals surface area contributed by atoms with Gasteiger partial charge in [0.2, 0.25) is 0 Å². The SMILES string of the molecule is Cc1ccc(C)n1NCc1csc(-c2ccccn2)n1. The Morgan fingerprint density at radius 2 is 1.95 bits per heavy atom. The minimum atomic E-state index is 0.708. The second kappa shape index (κ2) is 5.46. The minimum absolute atomic E-state index is 0.708. The summed E-state index contributed by atoms with van der Waals surface area (Å²) in [6, 6.07) is 10.1. The van der Waals surface area contributed by atoms with Crippen LogP contribution >= 0.6 is 11.3 Å². The molecule has 0 unspecified atom stereocenters. The molecule has 3 aromatic heterocycles. The largest absolute Gasteiger partial charge is 0.320 e. The summed E-state index contributed by atoms with van der Waals surface area (Å²) < 4.78 is 2.08. The van der Waals surface area contributed by atoms with Gasteiger partial charge in [-0.3, -0.25) is 9.66 Å². The highest BCUT2D eigenvalue weighted by Crippen LogP contribution is 2.21. The maximum Gasteiger partial charge on any atom is 0.142 e. The Kier molecular flexibility index (Phi) is 3.52. The van der Waals surface area contributed by atoms with Gasteiger partial charge in [0.25, 0.3) is 0 Å². The average molecular weight is 284 g/mol. The van der Waals surface area contributed by atoms with E-state index >= 15 is 0 Å². The van der Waals surface area contributed by atoms with Crippen LogP contribution < -0.4 is 5.43 Å². The molecular formula is C15H16N4S. The van der Waals surface area contributed by atoms with Crippen molar-refractivity contribution in [1.82, 2.24) is 14.6 Å². The number of nitrogens with one attached hydrogen (secondary N) is 1. The molecule has 0 aliphatic rings. The fraction of sp³-hybridized carbons (Fsp3) is 0.200. The number of hydrogen-bond donors (Lipinski definition) is 1. The highest BCUT2D eigenvalue weighted by Gasteiger charge is 2.06. The Balaban J connectivity index is 1.72. The molecule has 0 spiro atoms. The van der Waals surface area contributed by atoms with Crippen LogP contribution in [0.15, 0.2) is 41.9 Å². The number of aromatic nitrogens is 3. The van der Waals surface area contributed by atoms with E-state index in [-0.39, 0.29) is 0 Å². The van der Waals surface area contributed by atoms with Crippen molar-refractivity contribution in [2.45, 2.75) is 20.4 Å². The summed E-state index contributed by atoms with van der Waals surface area (Å²) in [5.74, 6) is 0. The van der Waals surface area contributed by atoms with Crippen molar-refractivity contribution >= 4 is 11.3 Å². The maximum atomic E-state index is 4.62. The zero-order chi connectivity index (χ0) is 13.9. The normalized spacial score (nSPS) is 10.7. The van der Waals surface area contributed by atoms with Crippen molar-refractivity contribution in [1.29, 1.82) is 0 Å². The lowest BCUT2D eigenvalue weighted by molar-refractivity contribution is 0.784. The fourth-order valence-electron chi connectivity index (χ4n) is 2.07. The smallest absolute Gasteiger partial charge is 0.142 e. The third-order valence-electron chi connectivity index (χ3n) is 3.13. The number of nitrogens with zero attached hydrogens (tertiary/aromatic N) is 3. The van der Waals surface area contributed by atoms with E-state index in [0.717, 1.165) is 16.4 Å². The van der Waals surface area contributed by atoms with E-state index in [4.69, 9.17) is 0 Å². The van der Waals surface area contributed by atoms with Gasteiger partial charge >= 0.3 is 0 Å². The highest BCUT2D eigenvalue weighted by molar-refractivity contribution is 7.13. The Bertz CT molecular complexity index is 680. The van der Waals surface area contributed by atoms with Crippen LogP contribution in [0.25, 0.3) is 10.7 Å². The van der Waals surface area contributed by atoms with Crippen LogP contribution in [-0.4, -0.2) is 14.6 Å². The molecule has 0 aromatic carbocycles. The van der Waals surface area contributed by atoms with Gasteiger partial charge in [-0.15, -0.1) is 11.3 Å². The third kappa shape index (κ3) is 2.58. The first-order valence-corrected chi connectivity index (χ1v) is 7.36. The van der Waals surface area contributed by atoms with Crippen molar-refractivity contribution in [2.75, 3.05) is 5.43 Å². The molecule has 0 aliphatic heterocycles. The lowest BCUT2D eigenvalue weighted by Gasteiger charge is -2.11. The molecule has 0 amide bonds. The van der Waals surface area contributed by atoms with Gasteiger partial charge in [-0.05, 0) is 38.1 Å². The number of aryl methyl sites for hydroxylation is 2. The van der Waals surface area contributed by atoms with E-state index in [9.17, 15) is 0 Å². The molecule has 102 valence electrons. The Labute approximate surface area is 122 Å². The summed E-state index contributed by atoms with van der Waals surface area (Å²) in [5.41, 5.74) is 7.74. The Hall–Kier alpha value is -2.14. The summed E-state index contributed by atoms with van der Waals surface area (Å²) in [6.45, 7) is 4.88. The van der Waals surface area contributed by atoms with E-state index in [1.54, 1.807) is 17.5 Å². The number of hydrogen-bond acceptors (Lipinski definition) is 4. The molecule has 1 N–H and O–H groups in total. The quantitative estimate of drug-likeness (QED) is 0.798. The highest BCUT2D eigenvalue weighted by atomic mass is 32.1. The van der Waals surface area contributed by atoms with Gasteiger partial charge in [-0.1, -0.05) is 6.07 Å². The van der Waals surface area contributed by atoms with Crippen LogP contribution in [0.3, 0.4) is 0 Å². The lowest BCUT2D eigenvalue weighted by atomic mass is 10.4. The van der Waals surface area contributed by atoms with Crippen LogP contribution in [0.1, 0.15) is 17.1 Å². The van der Waals surface area contributed by atoms with E-state index in [1.165, 1.54) is 11.4 Å². The van der Waals surface area contributed by atoms with Crippen molar-refractivity contribution in [2.24, 2.45) is 0 Å². The topological polar surface area (TPSA) is 42.7 Å². The molecule has 0 fully saturated rings. The number of thiazole rings is 1. The molecule has 20 heavy (non-hydrogen) atoms. The molecule has 0 radical (unpaired) electrons. The second-order valence-electron chi connectivity index (χ2n) is 4.65. The molecular weight excluding hydrogens is 268 g/mol. The standard InChI is InChI=1S/C15H16N4S/c1-11-6-7-12(2)19(11)17-9-13-10-20-15(18-13)14-5-3-4-8-16-14/h3-8,10,17H,9H2,1-2H3. The van der Waals surface area contributed by atoms with Crippen molar-refractivity contribution in [3.8, 4) is 10.7 Å². The first-order valence-electron chi connectivity index (χ1n) is 6.48. The van der Waals surface area contributed by atoms with Crippen LogP contribution in [-0.2, 0) is 6.54 Å². The van der Waals surface area contributed by atoms with Crippen LogP contribution in [0, 0.1) is 13.8 Å². The summed E-state index contributed by atoms with van der Waals surface area (Å²) >= 11 is 1.63. The van der Waals surface area contributed by atoms with Gasteiger partial charge in [0.05, 0.1) is 17.9 Å². The fourth-order valence-corrected chi connectivity index (χ4v) is 2.87. The molecule has 3 heterocycles. The third-order valence-corrected chi connectivity index (χ3v) is 4.04. The van der Waals surface area contributed by atoms with E-state index in [0.29, 0.717) is 6.54 Å².